The van der Waals surface area contributed by atoms with E-state index in [4.69, 9.17) is 4.74 Å². The van der Waals surface area contributed by atoms with Gasteiger partial charge in [-0.3, -0.25) is 9.89 Å². The molecule has 2 N–H and O–H groups in total. The van der Waals surface area contributed by atoms with Gasteiger partial charge in [0.25, 0.3) is 5.91 Å². The molecule has 1 unspecified atom stereocenters. The highest BCUT2D eigenvalue weighted by Gasteiger charge is 2.36. The van der Waals surface area contributed by atoms with Crippen molar-refractivity contribution in [3.63, 3.8) is 0 Å². The number of halogens is 3. The van der Waals surface area contributed by atoms with Crippen LogP contribution in [-0.2, 0) is 24.4 Å². The molecule has 232 valence electrons. The molecule has 2 atom stereocenters. The second-order valence-corrected chi connectivity index (χ2v) is 11.6. The number of carbonyl (C=O) groups is 1. The molecular weight excluding hydrogens is 557 g/mol. The summed E-state index contributed by atoms with van der Waals surface area (Å²) < 4.78 is 49.9. The van der Waals surface area contributed by atoms with Gasteiger partial charge in [-0.2, -0.15) is 28.4 Å². The average Bonchev–Trinajstić information content (AvgIpc) is 3.46. The smallest absolute Gasteiger partial charge is 0.417 e. The van der Waals surface area contributed by atoms with Crippen LogP contribution >= 0.6 is 0 Å². The van der Waals surface area contributed by atoms with Gasteiger partial charge in [0.05, 0.1) is 22.7 Å². The zero-order valence-corrected chi connectivity index (χ0v) is 25.9. The highest BCUT2D eigenvalue weighted by molar-refractivity contribution is 5.94. The van der Waals surface area contributed by atoms with E-state index in [1.807, 2.05) is 38.1 Å². The van der Waals surface area contributed by atoms with Crippen molar-refractivity contribution in [1.82, 2.24) is 30.3 Å². The number of fused-ring (bicyclic) bond motifs is 1. The van der Waals surface area contributed by atoms with Crippen LogP contribution in [0.5, 0.6) is 5.88 Å². The minimum atomic E-state index is -4.70. The molecule has 1 amide bonds. The SMILES string of the molecule is CCCC(CCc1ccc(-c2nn(C)c3nc(OCC(=O)N[C@@H](C)c4c(C)n[nH]c4C)cc(C(F)(F)F)c23)cc1)C(C)C. The summed E-state index contributed by atoms with van der Waals surface area (Å²) in [4.78, 5) is 16.9. The summed E-state index contributed by atoms with van der Waals surface area (Å²) in [7, 11) is 1.54. The predicted molar refractivity (Wildman–Crippen MR) is 161 cm³/mol. The van der Waals surface area contributed by atoms with Gasteiger partial charge in [-0.15, -0.1) is 0 Å². The van der Waals surface area contributed by atoms with E-state index in [1.165, 1.54) is 11.1 Å². The number of carbonyl (C=O) groups excluding carboxylic acids is 1. The van der Waals surface area contributed by atoms with E-state index in [1.54, 1.807) is 14.0 Å². The summed E-state index contributed by atoms with van der Waals surface area (Å²) in [6, 6.07) is 8.03. The van der Waals surface area contributed by atoms with Gasteiger partial charge in [0.15, 0.2) is 12.3 Å². The highest BCUT2D eigenvalue weighted by atomic mass is 19.4. The van der Waals surface area contributed by atoms with E-state index in [0.717, 1.165) is 47.8 Å². The fourth-order valence-corrected chi connectivity index (χ4v) is 5.78. The molecule has 8 nitrogen and oxygen atoms in total. The van der Waals surface area contributed by atoms with Gasteiger partial charge in [0.2, 0.25) is 5.88 Å². The Hall–Kier alpha value is -3.89. The fraction of sp³-hybridized carbons (Fsp3) is 0.500. The first kappa shape index (κ1) is 32.0. The Morgan fingerprint density at radius 2 is 1.81 bits per heavy atom. The third kappa shape index (κ3) is 7.37. The lowest BCUT2D eigenvalue weighted by Crippen LogP contribution is -2.31. The summed E-state index contributed by atoms with van der Waals surface area (Å²) >= 11 is 0. The van der Waals surface area contributed by atoms with Gasteiger partial charge in [-0.1, -0.05) is 57.9 Å². The molecule has 3 heterocycles. The molecule has 0 saturated carbocycles. The van der Waals surface area contributed by atoms with Crippen LogP contribution in [0.1, 0.15) is 81.1 Å². The topological polar surface area (TPSA) is 97.7 Å². The molecule has 0 bridgehead atoms. The van der Waals surface area contributed by atoms with Crippen molar-refractivity contribution in [1.29, 1.82) is 0 Å². The number of ether oxygens (including phenoxy) is 1. The number of aromatic amines is 1. The van der Waals surface area contributed by atoms with Gasteiger partial charge >= 0.3 is 6.18 Å². The molecular formula is C32H41F3N6O2. The first-order valence-electron chi connectivity index (χ1n) is 14.8. The van der Waals surface area contributed by atoms with Crippen molar-refractivity contribution in [3.8, 4) is 17.1 Å². The number of nitrogens with one attached hydrogen (secondary N) is 2. The maximum absolute atomic E-state index is 14.4. The maximum Gasteiger partial charge on any atom is 0.417 e. The summed E-state index contributed by atoms with van der Waals surface area (Å²) in [5.41, 5.74) is 3.42. The number of H-pyrrole nitrogens is 1. The van der Waals surface area contributed by atoms with Crippen molar-refractivity contribution in [2.24, 2.45) is 18.9 Å². The number of hydrogen-bond donors (Lipinski definition) is 2. The maximum atomic E-state index is 14.4. The minimum absolute atomic E-state index is 0.0154. The van der Waals surface area contributed by atoms with Crippen LogP contribution in [0.25, 0.3) is 22.3 Å². The quantitative estimate of drug-likeness (QED) is 0.179. The van der Waals surface area contributed by atoms with Gasteiger partial charge in [0, 0.05) is 29.9 Å². The average molecular weight is 599 g/mol. The standard InChI is InChI=1S/C32H41F3N6O2/c1-8-9-23(18(2)3)13-10-22-11-14-24(15-12-22)30-29-25(32(33,34)35)16-27(37-31(29)41(7)40-30)43-17-26(42)36-19(4)28-20(5)38-39-21(28)6/h11-12,14-16,18-19,23H,8-10,13,17H2,1-7H3,(H,36,42)(H,38,39)/t19-,23?/m0/s1. The number of nitrogens with zero attached hydrogens (tertiary/aromatic N) is 4. The zero-order chi connectivity index (χ0) is 31.5. The molecule has 0 fully saturated rings. The number of rotatable bonds is 12. The molecule has 0 spiro atoms. The monoisotopic (exact) mass is 598 g/mol. The first-order chi connectivity index (χ1) is 20.3. The Morgan fingerprint density at radius 3 is 2.40 bits per heavy atom. The molecule has 0 aliphatic rings. The number of pyridine rings is 1. The van der Waals surface area contributed by atoms with Crippen molar-refractivity contribution in [2.75, 3.05) is 6.61 Å². The Kier molecular flexibility index (Phi) is 9.82. The molecule has 11 heteroatoms. The minimum Gasteiger partial charge on any atom is -0.467 e. The van der Waals surface area contributed by atoms with Gasteiger partial charge < -0.3 is 10.1 Å². The molecule has 0 saturated heterocycles. The molecule has 4 aromatic rings. The Balaban J connectivity index is 1.55. The number of aromatic nitrogens is 5. The predicted octanol–water partition coefficient (Wildman–Crippen LogP) is 7.26. The van der Waals surface area contributed by atoms with Crippen molar-refractivity contribution >= 4 is 16.9 Å². The van der Waals surface area contributed by atoms with Crippen molar-refractivity contribution < 1.29 is 22.7 Å². The Labute approximate surface area is 250 Å². The van der Waals surface area contributed by atoms with Crippen LogP contribution in [0.2, 0.25) is 0 Å². The van der Waals surface area contributed by atoms with Crippen molar-refractivity contribution in [3.05, 3.63) is 58.4 Å². The molecule has 0 radical (unpaired) electrons. The van der Waals surface area contributed by atoms with Crippen LogP contribution in [0.15, 0.2) is 30.3 Å². The van der Waals surface area contributed by atoms with Crippen LogP contribution < -0.4 is 10.1 Å². The third-order valence-electron chi connectivity index (χ3n) is 8.06. The lowest BCUT2D eigenvalue weighted by Gasteiger charge is -2.20. The number of aryl methyl sites for hydroxylation is 4. The second-order valence-electron chi connectivity index (χ2n) is 11.6. The number of amides is 1. The van der Waals surface area contributed by atoms with Crippen LogP contribution in [0.4, 0.5) is 13.2 Å². The van der Waals surface area contributed by atoms with Crippen molar-refractivity contribution in [2.45, 2.75) is 79.4 Å². The van der Waals surface area contributed by atoms with Gasteiger partial charge in [0.1, 0.15) is 5.69 Å². The van der Waals surface area contributed by atoms with E-state index < -0.39 is 24.3 Å². The van der Waals surface area contributed by atoms with E-state index in [-0.39, 0.29) is 28.6 Å². The number of alkyl halides is 3. The van der Waals surface area contributed by atoms with Crippen LogP contribution in [0.3, 0.4) is 0 Å². The van der Waals surface area contributed by atoms with Crippen LogP contribution in [-0.4, -0.2) is 37.5 Å². The second kappa shape index (κ2) is 13.2. The van der Waals surface area contributed by atoms with E-state index in [0.29, 0.717) is 17.4 Å². The summed E-state index contributed by atoms with van der Waals surface area (Å²) in [5.74, 6) is 0.438. The molecule has 0 aliphatic heterocycles. The lowest BCUT2D eigenvalue weighted by molar-refractivity contribution is -0.136. The van der Waals surface area contributed by atoms with Gasteiger partial charge in [-0.05, 0) is 51.0 Å². The number of benzene rings is 1. The third-order valence-corrected chi connectivity index (χ3v) is 8.06. The van der Waals surface area contributed by atoms with E-state index in [2.05, 4.69) is 46.4 Å². The van der Waals surface area contributed by atoms with E-state index >= 15 is 0 Å². The fourth-order valence-electron chi connectivity index (χ4n) is 5.78. The Bertz CT molecular complexity index is 1540. The first-order valence-corrected chi connectivity index (χ1v) is 14.8. The largest absolute Gasteiger partial charge is 0.467 e. The highest BCUT2D eigenvalue weighted by Crippen LogP contribution is 2.40. The normalized spacial score (nSPS) is 13.5. The lowest BCUT2D eigenvalue weighted by atomic mass is 9.86. The molecule has 0 aliphatic carbocycles. The molecule has 1 aromatic carbocycles. The molecule has 43 heavy (non-hydrogen) atoms. The van der Waals surface area contributed by atoms with Crippen LogP contribution in [0, 0.1) is 25.7 Å². The zero-order valence-electron chi connectivity index (χ0n) is 25.9. The van der Waals surface area contributed by atoms with Gasteiger partial charge in [-0.25, -0.2) is 4.68 Å². The Morgan fingerprint density at radius 1 is 1.12 bits per heavy atom. The number of hydrogen-bond acceptors (Lipinski definition) is 5. The molecule has 3 aromatic heterocycles. The summed E-state index contributed by atoms with van der Waals surface area (Å²) in [5, 5.41) is 14.1. The summed E-state index contributed by atoms with van der Waals surface area (Å²) in [6.45, 7) is 11.7. The summed E-state index contributed by atoms with van der Waals surface area (Å²) in [6.07, 6.45) is -0.384. The molecule has 4 rings (SSSR count). The van der Waals surface area contributed by atoms with E-state index in [9.17, 15) is 18.0 Å².